The van der Waals surface area contributed by atoms with Crippen molar-refractivity contribution >= 4 is 27.9 Å². The summed E-state index contributed by atoms with van der Waals surface area (Å²) in [7, 11) is -0.626. The summed E-state index contributed by atoms with van der Waals surface area (Å²) in [6.07, 6.45) is 9.07. The number of nitrogens with zero attached hydrogens (tertiary/aromatic N) is 4. The molecule has 2 N–H and O–H groups in total. The molecule has 252 valence electrons. The lowest BCUT2D eigenvalue weighted by Gasteiger charge is -2.32. The van der Waals surface area contributed by atoms with Gasteiger partial charge in [-0.15, -0.1) is 0 Å². The Labute approximate surface area is 271 Å². The molecule has 0 saturated heterocycles. The Morgan fingerprint density at radius 1 is 1.07 bits per heavy atom. The summed E-state index contributed by atoms with van der Waals surface area (Å²) >= 11 is 0. The molecule has 11 heteroatoms. The molecule has 2 aromatic rings. The second kappa shape index (κ2) is 16.9. The van der Waals surface area contributed by atoms with Gasteiger partial charge >= 0.3 is 12.0 Å². The normalized spacial score (nSPS) is 13.6. The third kappa shape index (κ3) is 12.3. The molecule has 0 aromatic carbocycles. The number of aromatic nitrogens is 2. The smallest absolute Gasteiger partial charge is 0.316 e. The average Bonchev–Trinajstić information content (AvgIpc) is 2.96. The van der Waals surface area contributed by atoms with Crippen molar-refractivity contribution in [3.63, 3.8) is 0 Å². The van der Waals surface area contributed by atoms with Gasteiger partial charge in [0.2, 0.25) is 5.88 Å². The average molecular weight is 646 g/mol. The zero-order chi connectivity index (χ0) is 33.8. The van der Waals surface area contributed by atoms with Crippen molar-refractivity contribution in [3.8, 4) is 17.1 Å². The van der Waals surface area contributed by atoms with Gasteiger partial charge in [0.15, 0.2) is 0 Å². The monoisotopic (exact) mass is 645 g/mol. The van der Waals surface area contributed by atoms with E-state index >= 15 is 0 Å². The summed E-state index contributed by atoms with van der Waals surface area (Å²) in [5.74, 6) is 2.62. The van der Waals surface area contributed by atoms with E-state index in [1.54, 1.807) is 12.4 Å². The number of rotatable bonds is 15. The van der Waals surface area contributed by atoms with E-state index in [0.29, 0.717) is 30.9 Å². The summed E-state index contributed by atoms with van der Waals surface area (Å²) in [5.41, 5.74) is 8.14. The summed E-state index contributed by atoms with van der Waals surface area (Å²) in [5, 5.41) is 0. The molecule has 2 heterocycles. The van der Waals surface area contributed by atoms with Gasteiger partial charge in [-0.25, -0.2) is 20.0 Å². The number of hydrogen-bond donors (Lipinski definition) is 1. The first kappa shape index (κ1) is 38.0. The largest absolute Gasteiger partial charge is 0.476 e. The molecule has 0 aliphatic heterocycles. The molecule has 0 radical (unpaired) electrons. The molecule has 0 saturated carbocycles. The van der Waals surface area contributed by atoms with E-state index in [2.05, 4.69) is 39.4 Å². The van der Waals surface area contributed by atoms with Crippen molar-refractivity contribution in [2.45, 2.75) is 86.9 Å². The van der Waals surface area contributed by atoms with Crippen molar-refractivity contribution in [2.75, 3.05) is 44.0 Å². The lowest BCUT2D eigenvalue weighted by Crippen LogP contribution is -2.41. The van der Waals surface area contributed by atoms with Gasteiger partial charge in [-0.2, -0.15) is 4.99 Å². The van der Waals surface area contributed by atoms with Crippen molar-refractivity contribution in [1.82, 2.24) is 9.97 Å². The SMILES string of the molecule is CCC(CC)(COc1cc(C)c(-c2ccc(/C(N)=N/C(=N/COCCS(C)(C)CC)OC(C)C)cn2)cn1)C(=O)OC(C)(C)C. The maximum Gasteiger partial charge on any atom is 0.316 e. The van der Waals surface area contributed by atoms with E-state index in [0.717, 1.165) is 22.6 Å². The van der Waals surface area contributed by atoms with Crippen LogP contribution in [-0.2, 0) is 19.0 Å². The fourth-order valence-corrected chi connectivity index (χ4v) is 4.91. The van der Waals surface area contributed by atoms with Gasteiger partial charge in [-0.3, -0.25) is 9.78 Å². The van der Waals surface area contributed by atoms with Crippen LogP contribution < -0.4 is 10.5 Å². The van der Waals surface area contributed by atoms with Crippen molar-refractivity contribution in [1.29, 1.82) is 0 Å². The van der Waals surface area contributed by atoms with Gasteiger partial charge in [0, 0.05) is 35.3 Å². The fourth-order valence-electron chi connectivity index (χ4n) is 4.05. The number of aryl methyl sites for hydroxylation is 1. The van der Waals surface area contributed by atoms with Crippen molar-refractivity contribution < 1.29 is 23.7 Å². The second-order valence-corrected chi connectivity index (χ2v) is 17.5. The predicted octanol–water partition coefficient (Wildman–Crippen LogP) is 6.52. The lowest BCUT2D eigenvalue weighted by atomic mass is 9.83. The second-order valence-electron chi connectivity index (χ2n) is 12.9. The Bertz CT molecular complexity index is 1300. The first-order chi connectivity index (χ1) is 21.0. The quantitative estimate of drug-likeness (QED) is 0.100. The van der Waals surface area contributed by atoms with E-state index in [4.69, 9.17) is 24.7 Å². The lowest BCUT2D eigenvalue weighted by molar-refractivity contribution is -0.170. The maximum atomic E-state index is 13.0. The first-order valence-corrected chi connectivity index (χ1v) is 18.4. The topological polar surface area (TPSA) is 131 Å². The molecule has 0 amide bonds. The molecule has 0 fully saturated rings. The highest BCUT2D eigenvalue weighted by molar-refractivity contribution is 8.32. The molecule has 0 bridgehead atoms. The fraction of sp³-hybridized carbons (Fsp3) is 0.618. The van der Waals surface area contributed by atoms with E-state index < -0.39 is 21.0 Å². The van der Waals surface area contributed by atoms with Crippen LogP contribution in [0, 0.1) is 12.3 Å². The third-order valence-electron chi connectivity index (χ3n) is 7.51. The number of ether oxygens (including phenoxy) is 4. The molecule has 0 atom stereocenters. The third-order valence-corrected chi connectivity index (χ3v) is 10.3. The van der Waals surface area contributed by atoms with E-state index in [9.17, 15) is 4.79 Å². The van der Waals surface area contributed by atoms with Crippen LogP contribution in [0.5, 0.6) is 5.88 Å². The van der Waals surface area contributed by atoms with Crippen LogP contribution in [0.25, 0.3) is 11.3 Å². The van der Waals surface area contributed by atoms with E-state index in [1.165, 1.54) is 5.75 Å². The minimum Gasteiger partial charge on any atom is -0.476 e. The highest BCUT2D eigenvalue weighted by atomic mass is 32.3. The van der Waals surface area contributed by atoms with Gasteiger partial charge in [-0.05, 0) is 90.3 Å². The van der Waals surface area contributed by atoms with Gasteiger partial charge in [0.05, 0.1) is 18.4 Å². The molecule has 0 unspecified atom stereocenters. The Balaban J connectivity index is 2.14. The summed E-state index contributed by atoms with van der Waals surface area (Å²) in [6.45, 7) is 18.5. The molecule has 2 rings (SSSR count). The number of carbonyl (C=O) groups is 1. The van der Waals surface area contributed by atoms with Crippen LogP contribution in [0.15, 0.2) is 40.6 Å². The number of hydrogen-bond acceptors (Lipinski definition) is 8. The number of pyridine rings is 2. The number of aliphatic imine (C=N–C) groups is 2. The van der Waals surface area contributed by atoms with Gasteiger partial charge in [-0.1, -0.05) is 20.8 Å². The number of amidine groups is 2. The van der Waals surface area contributed by atoms with E-state index in [-0.39, 0.29) is 37.3 Å². The van der Waals surface area contributed by atoms with Crippen LogP contribution in [0.3, 0.4) is 0 Å². The zero-order valence-electron chi connectivity index (χ0n) is 29.2. The first-order valence-electron chi connectivity index (χ1n) is 15.7. The predicted molar refractivity (Wildman–Crippen MR) is 187 cm³/mol. The summed E-state index contributed by atoms with van der Waals surface area (Å²) < 4.78 is 23.2. The minimum absolute atomic E-state index is 0.121. The van der Waals surface area contributed by atoms with E-state index in [1.807, 2.05) is 73.6 Å². The number of nitrogens with two attached hydrogens (primary N) is 1. The molecule has 0 aliphatic carbocycles. The van der Waals surface area contributed by atoms with Gasteiger partial charge < -0.3 is 24.7 Å². The van der Waals surface area contributed by atoms with Crippen molar-refractivity contribution in [2.24, 2.45) is 21.1 Å². The summed E-state index contributed by atoms with van der Waals surface area (Å²) in [4.78, 5) is 30.9. The molecule has 0 spiro atoms. The Morgan fingerprint density at radius 3 is 2.29 bits per heavy atom. The minimum atomic E-state index is -0.745. The molecule has 0 aliphatic rings. The van der Waals surface area contributed by atoms with Crippen LogP contribution in [0.4, 0.5) is 0 Å². The Kier molecular flexibility index (Phi) is 14.3. The highest BCUT2D eigenvalue weighted by Gasteiger charge is 2.39. The van der Waals surface area contributed by atoms with Gasteiger partial charge in [0.25, 0.3) is 0 Å². The standard InChI is InChI=1S/C34H55N5O5S/c1-12-34(13-2,31(40)44-33(7,8)9)22-42-29-19-25(6)27(21-37-29)28-16-15-26(20-36-28)30(35)39-32(43-24(4)5)38-23-41-17-18-45(10,11)14-3/h15-16,19-21,24H,12-14,17-18,22-23H2,1-11H3,(H2,35,38,39). The van der Waals surface area contributed by atoms with Crippen LogP contribution in [0.2, 0.25) is 0 Å². The zero-order valence-corrected chi connectivity index (χ0v) is 30.0. The van der Waals surface area contributed by atoms with Crippen molar-refractivity contribution in [3.05, 3.63) is 41.7 Å². The Morgan fingerprint density at radius 2 is 1.76 bits per heavy atom. The van der Waals surface area contributed by atoms with Gasteiger partial charge in [0.1, 0.15) is 30.2 Å². The molecule has 10 nitrogen and oxygen atoms in total. The molecular formula is C34H55N5O5S. The maximum absolute atomic E-state index is 13.0. The highest BCUT2D eigenvalue weighted by Crippen LogP contribution is 2.38. The van der Waals surface area contributed by atoms with Crippen LogP contribution in [0.1, 0.15) is 79.4 Å². The van der Waals surface area contributed by atoms with Crippen LogP contribution in [-0.4, -0.2) is 83.5 Å². The molecular weight excluding hydrogens is 590 g/mol. The van der Waals surface area contributed by atoms with Crippen LogP contribution >= 0.6 is 10.0 Å². The summed E-state index contributed by atoms with van der Waals surface area (Å²) in [6, 6.07) is 5.74. The Hall–Kier alpha value is -3.18. The molecule has 2 aromatic heterocycles. The number of esters is 1. The molecule has 45 heavy (non-hydrogen) atoms. The number of carbonyl (C=O) groups excluding carboxylic acids is 1.